The maximum Gasteiger partial charge on any atom is 0.269 e. The molecule has 128 valence electrons. The lowest BCUT2D eigenvalue weighted by Gasteiger charge is -2.41. The molecule has 2 aliphatic rings. The van der Waals surface area contributed by atoms with Crippen LogP contribution in [0.1, 0.15) is 41.4 Å². The SMILES string of the molecule is Cn1nc(C2CC2)cc1C(=O)NCC1CCN1CCn1cccn1. The third-order valence-corrected chi connectivity index (χ3v) is 5.07. The fourth-order valence-corrected chi connectivity index (χ4v) is 3.27. The standard InChI is InChI=1S/C17H24N6O/c1-21-16(11-15(20-21)13-3-4-13)17(24)18-12-14-5-8-22(14)9-10-23-7-2-6-19-23/h2,6-7,11,13-14H,3-5,8-10,12H2,1H3,(H,18,24). The van der Waals surface area contributed by atoms with E-state index in [9.17, 15) is 4.79 Å². The van der Waals surface area contributed by atoms with Crippen LogP contribution < -0.4 is 5.32 Å². The Morgan fingerprint density at radius 2 is 2.21 bits per heavy atom. The number of carbonyl (C=O) groups excluding carboxylic acids is 1. The van der Waals surface area contributed by atoms with Gasteiger partial charge in [0.15, 0.2) is 0 Å². The van der Waals surface area contributed by atoms with Crippen LogP contribution in [0, 0.1) is 0 Å². The van der Waals surface area contributed by atoms with E-state index in [1.54, 1.807) is 10.9 Å². The number of amides is 1. The first kappa shape index (κ1) is 15.4. The van der Waals surface area contributed by atoms with E-state index >= 15 is 0 Å². The number of carbonyl (C=O) groups is 1. The summed E-state index contributed by atoms with van der Waals surface area (Å²) < 4.78 is 3.66. The van der Waals surface area contributed by atoms with Crippen molar-refractivity contribution in [3.05, 3.63) is 35.9 Å². The van der Waals surface area contributed by atoms with Crippen LogP contribution >= 0.6 is 0 Å². The molecular weight excluding hydrogens is 304 g/mol. The molecule has 2 aromatic heterocycles. The van der Waals surface area contributed by atoms with E-state index in [2.05, 4.69) is 20.4 Å². The molecule has 2 aromatic rings. The highest BCUT2D eigenvalue weighted by molar-refractivity contribution is 5.92. The Bertz CT molecular complexity index is 703. The van der Waals surface area contributed by atoms with Gasteiger partial charge in [0.25, 0.3) is 5.91 Å². The number of nitrogens with zero attached hydrogens (tertiary/aromatic N) is 5. The predicted molar refractivity (Wildman–Crippen MR) is 89.7 cm³/mol. The Labute approximate surface area is 141 Å². The summed E-state index contributed by atoms with van der Waals surface area (Å²) in [6.45, 7) is 3.66. The van der Waals surface area contributed by atoms with Gasteiger partial charge in [0.2, 0.25) is 0 Å². The van der Waals surface area contributed by atoms with Gasteiger partial charge in [-0.15, -0.1) is 0 Å². The summed E-state index contributed by atoms with van der Waals surface area (Å²) in [4.78, 5) is 14.8. The number of nitrogens with one attached hydrogen (secondary N) is 1. The van der Waals surface area contributed by atoms with E-state index in [1.807, 2.05) is 30.1 Å². The molecule has 1 saturated carbocycles. The molecule has 0 spiro atoms. The third kappa shape index (κ3) is 3.21. The van der Waals surface area contributed by atoms with Crippen molar-refractivity contribution in [1.82, 2.24) is 29.8 Å². The molecule has 0 radical (unpaired) electrons. The summed E-state index contributed by atoms with van der Waals surface area (Å²) in [6.07, 6.45) is 7.32. The lowest BCUT2D eigenvalue weighted by Crippen LogP contribution is -2.54. The molecule has 1 saturated heterocycles. The van der Waals surface area contributed by atoms with Crippen molar-refractivity contribution in [3.63, 3.8) is 0 Å². The van der Waals surface area contributed by atoms with Crippen LogP contribution in [0.25, 0.3) is 0 Å². The largest absolute Gasteiger partial charge is 0.349 e. The van der Waals surface area contributed by atoms with Gasteiger partial charge in [0, 0.05) is 51.0 Å². The summed E-state index contributed by atoms with van der Waals surface area (Å²) in [5.41, 5.74) is 1.73. The molecule has 7 nitrogen and oxygen atoms in total. The summed E-state index contributed by atoms with van der Waals surface area (Å²) in [7, 11) is 1.85. The maximum absolute atomic E-state index is 12.4. The second-order valence-corrected chi connectivity index (χ2v) is 6.81. The monoisotopic (exact) mass is 328 g/mol. The zero-order chi connectivity index (χ0) is 16.5. The molecule has 3 heterocycles. The highest BCUT2D eigenvalue weighted by Crippen LogP contribution is 2.39. The van der Waals surface area contributed by atoms with E-state index in [0.29, 0.717) is 24.2 Å². The molecule has 1 atom stereocenters. The highest BCUT2D eigenvalue weighted by Gasteiger charge is 2.30. The van der Waals surface area contributed by atoms with E-state index < -0.39 is 0 Å². The summed E-state index contributed by atoms with van der Waals surface area (Å²) in [6, 6.07) is 4.32. The van der Waals surface area contributed by atoms with E-state index in [4.69, 9.17) is 0 Å². The lowest BCUT2D eigenvalue weighted by atomic mass is 10.0. The topological polar surface area (TPSA) is 68.0 Å². The average Bonchev–Trinajstić information content (AvgIpc) is 3.12. The minimum absolute atomic E-state index is 0.0178. The van der Waals surface area contributed by atoms with E-state index in [1.165, 1.54) is 12.8 Å². The van der Waals surface area contributed by atoms with Crippen molar-refractivity contribution in [1.29, 1.82) is 0 Å². The number of rotatable bonds is 7. The van der Waals surface area contributed by atoms with Crippen LogP contribution in [0.5, 0.6) is 0 Å². The van der Waals surface area contributed by atoms with Gasteiger partial charge in [-0.2, -0.15) is 10.2 Å². The average molecular weight is 328 g/mol. The first-order chi connectivity index (χ1) is 11.7. The number of hydrogen-bond donors (Lipinski definition) is 1. The van der Waals surface area contributed by atoms with Gasteiger partial charge in [0.1, 0.15) is 5.69 Å². The van der Waals surface area contributed by atoms with Crippen molar-refractivity contribution in [2.75, 3.05) is 19.6 Å². The fourth-order valence-electron chi connectivity index (χ4n) is 3.27. The van der Waals surface area contributed by atoms with Gasteiger partial charge in [0.05, 0.1) is 12.2 Å². The second kappa shape index (κ2) is 6.39. The van der Waals surface area contributed by atoms with Crippen molar-refractivity contribution in [2.24, 2.45) is 7.05 Å². The molecule has 0 bridgehead atoms. The number of aromatic nitrogens is 4. The minimum Gasteiger partial charge on any atom is -0.349 e. The van der Waals surface area contributed by atoms with Gasteiger partial charge in [-0.3, -0.25) is 19.1 Å². The fraction of sp³-hybridized carbons (Fsp3) is 0.588. The number of aryl methyl sites for hydroxylation is 1. The van der Waals surface area contributed by atoms with Gasteiger partial charge in [-0.1, -0.05) is 0 Å². The Kier molecular flexibility index (Phi) is 4.10. The molecular formula is C17H24N6O. The van der Waals surface area contributed by atoms with Gasteiger partial charge < -0.3 is 5.32 Å². The molecule has 1 aliphatic carbocycles. The number of hydrogen-bond acceptors (Lipinski definition) is 4. The van der Waals surface area contributed by atoms with E-state index in [0.717, 1.165) is 31.7 Å². The van der Waals surface area contributed by atoms with Gasteiger partial charge in [-0.05, 0) is 31.4 Å². The van der Waals surface area contributed by atoms with Gasteiger partial charge in [-0.25, -0.2) is 0 Å². The first-order valence-electron chi connectivity index (χ1n) is 8.74. The summed E-state index contributed by atoms with van der Waals surface area (Å²) >= 11 is 0. The van der Waals surface area contributed by atoms with Crippen molar-refractivity contribution in [3.8, 4) is 0 Å². The molecule has 7 heteroatoms. The highest BCUT2D eigenvalue weighted by atomic mass is 16.2. The number of likely N-dealkylation sites (tertiary alicyclic amines) is 1. The third-order valence-electron chi connectivity index (χ3n) is 5.07. The first-order valence-corrected chi connectivity index (χ1v) is 8.74. The Balaban J connectivity index is 1.26. The lowest BCUT2D eigenvalue weighted by molar-refractivity contribution is 0.0747. The van der Waals surface area contributed by atoms with Crippen LogP contribution in [0.15, 0.2) is 24.5 Å². The molecule has 2 fully saturated rings. The molecule has 1 unspecified atom stereocenters. The quantitative estimate of drug-likeness (QED) is 0.823. The zero-order valence-electron chi connectivity index (χ0n) is 14.1. The van der Waals surface area contributed by atoms with Crippen LogP contribution in [0.2, 0.25) is 0 Å². The van der Waals surface area contributed by atoms with Crippen molar-refractivity contribution in [2.45, 2.75) is 37.8 Å². The smallest absolute Gasteiger partial charge is 0.269 e. The van der Waals surface area contributed by atoms with Crippen molar-refractivity contribution < 1.29 is 4.79 Å². The Morgan fingerprint density at radius 1 is 1.33 bits per heavy atom. The molecule has 1 aliphatic heterocycles. The second-order valence-electron chi connectivity index (χ2n) is 6.81. The minimum atomic E-state index is -0.0178. The van der Waals surface area contributed by atoms with Crippen LogP contribution in [0.3, 0.4) is 0 Å². The summed E-state index contributed by atoms with van der Waals surface area (Å²) in [5, 5.41) is 11.8. The summed E-state index contributed by atoms with van der Waals surface area (Å²) in [5.74, 6) is 0.554. The molecule has 24 heavy (non-hydrogen) atoms. The van der Waals surface area contributed by atoms with Gasteiger partial charge >= 0.3 is 0 Å². The molecule has 1 N–H and O–H groups in total. The zero-order valence-corrected chi connectivity index (χ0v) is 14.1. The van der Waals surface area contributed by atoms with Crippen LogP contribution in [-0.4, -0.2) is 56.0 Å². The normalized spacial score (nSPS) is 20.8. The van der Waals surface area contributed by atoms with Crippen LogP contribution in [-0.2, 0) is 13.6 Å². The maximum atomic E-state index is 12.4. The molecule has 1 amide bonds. The molecule has 0 aromatic carbocycles. The predicted octanol–water partition coefficient (Wildman–Crippen LogP) is 0.998. The Hall–Kier alpha value is -2.15. The van der Waals surface area contributed by atoms with Crippen LogP contribution in [0.4, 0.5) is 0 Å². The van der Waals surface area contributed by atoms with E-state index in [-0.39, 0.29) is 5.91 Å². The molecule has 4 rings (SSSR count). The van der Waals surface area contributed by atoms with Crippen molar-refractivity contribution >= 4 is 5.91 Å². The Morgan fingerprint density at radius 3 is 2.88 bits per heavy atom.